The van der Waals surface area contributed by atoms with Crippen molar-refractivity contribution >= 4 is 39.1 Å². The number of aromatic nitrogens is 1. The summed E-state index contributed by atoms with van der Waals surface area (Å²) in [5.41, 5.74) is 1.26. The van der Waals surface area contributed by atoms with Crippen molar-refractivity contribution in [3.63, 3.8) is 0 Å². The monoisotopic (exact) mass is 473 g/mol. The van der Waals surface area contributed by atoms with Gasteiger partial charge in [0.25, 0.3) is 0 Å². The molecule has 2 heterocycles. The minimum atomic E-state index is -3.68. The van der Waals surface area contributed by atoms with Crippen LogP contribution in [0.3, 0.4) is 0 Å². The summed E-state index contributed by atoms with van der Waals surface area (Å²) in [5.74, 6) is -0.0201. The number of nitrogens with one attached hydrogen (secondary N) is 1. The number of carbonyl (C=O) groups is 1. The van der Waals surface area contributed by atoms with Gasteiger partial charge in [0.05, 0.1) is 0 Å². The molecule has 10 heteroatoms. The minimum Gasteiger partial charge on any atom is -0.360 e. The molecule has 1 unspecified atom stereocenters. The first kappa shape index (κ1) is 23.1. The van der Waals surface area contributed by atoms with Crippen LogP contribution in [-0.4, -0.2) is 42.9 Å². The summed E-state index contributed by atoms with van der Waals surface area (Å²) in [6.07, 6.45) is 1.51. The molecule has 0 radical (unpaired) electrons. The third-order valence-electron chi connectivity index (χ3n) is 5.32. The molecule has 0 bridgehead atoms. The Morgan fingerprint density at radius 1 is 1.30 bits per heavy atom. The van der Waals surface area contributed by atoms with Gasteiger partial charge in [-0.1, -0.05) is 34.4 Å². The smallest absolute Gasteiger partial charge is 0.248 e. The van der Waals surface area contributed by atoms with Crippen LogP contribution in [-0.2, 0) is 21.2 Å². The van der Waals surface area contributed by atoms with Gasteiger partial charge in [-0.15, -0.1) is 0 Å². The van der Waals surface area contributed by atoms with Crippen LogP contribution in [0.5, 0.6) is 0 Å². The molecule has 1 aromatic carbocycles. The third kappa shape index (κ3) is 4.99. The van der Waals surface area contributed by atoms with Gasteiger partial charge in [0.15, 0.2) is 5.76 Å². The number of hydrogen-bond acceptors (Lipinski definition) is 5. The molecule has 1 atom stereocenters. The lowest BCUT2D eigenvalue weighted by atomic mass is 9.96. The van der Waals surface area contributed by atoms with E-state index >= 15 is 0 Å². The highest BCUT2D eigenvalue weighted by atomic mass is 35.5. The van der Waals surface area contributed by atoms with Gasteiger partial charge in [-0.2, -0.15) is 4.31 Å². The van der Waals surface area contributed by atoms with Gasteiger partial charge in [0, 0.05) is 35.1 Å². The lowest BCUT2D eigenvalue weighted by molar-refractivity contribution is -0.126. The number of aryl methyl sites for hydroxylation is 2. The Kier molecular flexibility index (Phi) is 7.12. The van der Waals surface area contributed by atoms with Gasteiger partial charge in [0.1, 0.15) is 10.6 Å². The van der Waals surface area contributed by atoms with Crippen LogP contribution < -0.4 is 5.32 Å². The van der Waals surface area contributed by atoms with Crippen molar-refractivity contribution < 1.29 is 17.7 Å². The molecule has 1 amide bonds. The SMILES string of the molecule is Cc1noc(C)c1S(=O)(=O)N1CCC(C(=O)NC(C)Cc2ccc(Cl)cc2Cl)CC1. The van der Waals surface area contributed by atoms with Crippen molar-refractivity contribution in [2.24, 2.45) is 5.92 Å². The van der Waals surface area contributed by atoms with E-state index in [1.165, 1.54) is 4.31 Å². The van der Waals surface area contributed by atoms with Crippen LogP contribution in [0.1, 0.15) is 36.8 Å². The molecule has 1 aliphatic heterocycles. The molecule has 0 aliphatic carbocycles. The molecule has 1 saturated heterocycles. The summed E-state index contributed by atoms with van der Waals surface area (Å²) in [7, 11) is -3.68. The highest BCUT2D eigenvalue weighted by Gasteiger charge is 2.35. The molecule has 1 fully saturated rings. The Morgan fingerprint density at radius 3 is 2.53 bits per heavy atom. The van der Waals surface area contributed by atoms with E-state index in [2.05, 4.69) is 10.5 Å². The van der Waals surface area contributed by atoms with Crippen LogP contribution in [0, 0.1) is 19.8 Å². The lowest BCUT2D eigenvalue weighted by Gasteiger charge is -2.31. The number of piperidine rings is 1. The zero-order valence-electron chi connectivity index (χ0n) is 17.1. The Hall–Kier alpha value is -1.61. The Balaban J connectivity index is 1.56. The summed E-state index contributed by atoms with van der Waals surface area (Å²) in [4.78, 5) is 12.8. The second-order valence-corrected chi connectivity index (χ2v) is 10.4. The zero-order chi connectivity index (χ0) is 22.1. The number of rotatable bonds is 6. The summed E-state index contributed by atoms with van der Waals surface area (Å²) < 4.78 is 32.2. The van der Waals surface area contributed by atoms with Gasteiger partial charge in [-0.05, 0) is 57.7 Å². The number of amides is 1. The predicted molar refractivity (Wildman–Crippen MR) is 115 cm³/mol. The van der Waals surface area contributed by atoms with Crippen molar-refractivity contribution in [2.75, 3.05) is 13.1 Å². The van der Waals surface area contributed by atoms with E-state index in [1.807, 2.05) is 13.0 Å². The molecule has 2 aromatic rings. The Bertz CT molecular complexity index is 1010. The summed E-state index contributed by atoms with van der Waals surface area (Å²) in [6, 6.07) is 5.19. The van der Waals surface area contributed by atoms with Crippen molar-refractivity contribution in [2.45, 2.75) is 51.0 Å². The molecule has 1 N–H and O–H groups in total. The zero-order valence-corrected chi connectivity index (χ0v) is 19.4. The summed E-state index contributed by atoms with van der Waals surface area (Å²) >= 11 is 12.1. The number of carbonyl (C=O) groups excluding carboxylic acids is 1. The van der Waals surface area contributed by atoms with Crippen molar-refractivity contribution in [1.82, 2.24) is 14.8 Å². The molecule has 164 valence electrons. The average molecular weight is 474 g/mol. The van der Waals surface area contributed by atoms with E-state index in [0.717, 1.165) is 5.56 Å². The first-order valence-electron chi connectivity index (χ1n) is 9.77. The fourth-order valence-electron chi connectivity index (χ4n) is 3.76. The van der Waals surface area contributed by atoms with Crippen LogP contribution in [0.4, 0.5) is 0 Å². The van der Waals surface area contributed by atoms with E-state index in [9.17, 15) is 13.2 Å². The first-order valence-corrected chi connectivity index (χ1v) is 12.0. The molecule has 0 spiro atoms. The molecule has 1 aliphatic rings. The quantitative estimate of drug-likeness (QED) is 0.689. The maximum Gasteiger partial charge on any atom is 0.248 e. The Morgan fingerprint density at radius 2 is 1.97 bits per heavy atom. The van der Waals surface area contributed by atoms with E-state index in [-0.39, 0.29) is 41.6 Å². The molecule has 7 nitrogen and oxygen atoms in total. The molecule has 0 saturated carbocycles. The van der Waals surface area contributed by atoms with Crippen LogP contribution in [0.25, 0.3) is 0 Å². The fourth-order valence-corrected chi connectivity index (χ4v) is 6.01. The van der Waals surface area contributed by atoms with Gasteiger partial charge in [0.2, 0.25) is 15.9 Å². The van der Waals surface area contributed by atoms with Crippen molar-refractivity contribution in [3.05, 3.63) is 45.3 Å². The highest BCUT2D eigenvalue weighted by molar-refractivity contribution is 7.89. The summed E-state index contributed by atoms with van der Waals surface area (Å²) in [6.45, 7) is 5.67. The maximum atomic E-state index is 12.9. The fraction of sp³-hybridized carbons (Fsp3) is 0.500. The number of benzene rings is 1. The largest absolute Gasteiger partial charge is 0.360 e. The molecule has 1 aromatic heterocycles. The minimum absolute atomic E-state index is 0.0676. The lowest BCUT2D eigenvalue weighted by Crippen LogP contribution is -2.45. The molecule has 30 heavy (non-hydrogen) atoms. The van der Waals surface area contributed by atoms with Gasteiger partial charge in [-0.25, -0.2) is 8.42 Å². The summed E-state index contributed by atoms with van der Waals surface area (Å²) in [5, 5.41) is 7.89. The number of hydrogen-bond donors (Lipinski definition) is 1. The maximum absolute atomic E-state index is 12.9. The normalized spacial score (nSPS) is 17.1. The van der Waals surface area contributed by atoms with Gasteiger partial charge in [-0.3, -0.25) is 4.79 Å². The van der Waals surface area contributed by atoms with E-state index < -0.39 is 10.0 Å². The van der Waals surface area contributed by atoms with Crippen molar-refractivity contribution in [1.29, 1.82) is 0 Å². The Labute approximate surface area is 186 Å². The van der Waals surface area contributed by atoms with E-state index in [1.54, 1.807) is 26.0 Å². The topological polar surface area (TPSA) is 92.5 Å². The number of sulfonamides is 1. The highest BCUT2D eigenvalue weighted by Crippen LogP contribution is 2.28. The number of halogens is 2. The average Bonchev–Trinajstić information content (AvgIpc) is 3.03. The number of nitrogens with zero attached hydrogens (tertiary/aromatic N) is 2. The van der Waals surface area contributed by atoms with E-state index in [4.69, 9.17) is 27.7 Å². The third-order valence-corrected chi connectivity index (χ3v) is 8.05. The standard InChI is InChI=1S/C20H25Cl2N3O4S/c1-12(10-16-4-5-17(21)11-18(16)22)23-20(26)15-6-8-25(9-7-15)30(27,28)19-13(2)24-29-14(19)3/h4-5,11-12,15H,6-10H2,1-3H3,(H,23,26). The second kappa shape index (κ2) is 9.26. The molecular weight excluding hydrogens is 449 g/mol. The van der Waals surface area contributed by atoms with Crippen LogP contribution in [0.15, 0.2) is 27.6 Å². The first-order chi connectivity index (χ1) is 14.1. The van der Waals surface area contributed by atoms with Crippen molar-refractivity contribution in [3.8, 4) is 0 Å². The molecule has 3 rings (SSSR count). The van der Waals surface area contributed by atoms with Gasteiger partial charge >= 0.3 is 0 Å². The predicted octanol–water partition coefficient (Wildman–Crippen LogP) is 3.75. The van der Waals surface area contributed by atoms with Crippen LogP contribution in [0.2, 0.25) is 10.0 Å². The second-order valence-electron chi connectivity index (χ2n) is 7.68. The van der Waals surface area contributed by atoms with Gasteiger partial charge < -0.3 is 9.84 Å². The van der Waals surface area contributed by atoms with E-state index in [0.29, 0.717) is 35.0 Å². The van der Waals surface area contributed by atoms with Crippen LogP contribution >= 0.6 is 23.2 Å². The molecular formula is C20H25Cl2N3O4S.